The van der Waals surface area contributed by atoms with Gasteiger partial charge in [-0.1, -0.05) is 0 Å². The van der Waals surface area contributed by atoms with Gasteiger partial charge < -0.3 is 4.52 Å². The maximum absolute atomic E-state index is 12.6. The third-order valence-electron chi connectivity index (χ3n) is 0.686. The first-order valence-electron chi connectivity index (χ1n) is 3.05. The van der Waals surface area contributed by atoms with E-state index in [-0.39, 0.29) is 0 Å². The van der Waals surface area contributed by atoms with Gasteiger partial charge in [-0.25, -0.2) is 0 Å². The van der Waals surface area contributed by atoms with Crippen molar-refractivity contribution in [1.29, 1.82) is 0 Å². The highest BCUT2D eigenvalue weighted by Gasteiger charge is 2.30. The summed E-state index contributed by atoms with van der Waals surface area (Å²) in [6.07, 6.45) is -0.692. The lowest BCUT2D eigenvalue weighted by molar-refractivity contribution is 0.226. The molecule has 0 spiro atoms. The summed E-state index contributed by atoms with van der Waals surface area (Å²) in [6, 6.07) is 0. The summed E-state index contributed by atoms with van der Waals surface area (Å²) >= 11 is 0. The Kier molecular flexibility index (Phi) is 3.84. The lowest BCUT2D eigenvalue weighted by atomic mass is 10.5. The fourth-order valence-electron chi connectivity index (χ4n) is 0.540. The van der Waals surface area contributed by atoms with Crippen molar-refractivity contribution in [3.05, 3.63) is 0 Å². The lowest BCUT2D eigenvalue weighted by Gasteiger charge is -2.10. The summed E-state index contributed by atoms with van der Waals surface area (Å²) < 4.78 is 55.7. The number of hydrogen-bond donors (Lipinski definition) is 1. The minimum atomic E-state index is -4.71. The summed E-state index contributed by atoms with van der Waals surface area (Å²) in [5, 5.41) is 0. The highest BCUT2D eigenvalue weighted by molar-refractivity contribution is 7.93. The molecule has 0 amide bonds. The molecule has 1 unspecified atom stereocenters. The van der Waals surface area contributed by atoms with E-state index in [1.54, 1.807) is 0 Å². The molecule has 1 atom stereocenters. The van der Waals surface area contributed by atoms with Crippen LogP contribution in [-0.2, 0) is 19.2 Å². The highest BCUT2D eigenvalue weighted by atomic mass is 32.2. The molecule has 0 heterocycles. The van der Waals surface area contributed by atoms with Crippen molar-refractivity contribution in [1.82, 2.24) is 0 Å². The standard InChI is InChI=1S/C4H10FO5PS/c1-4(2)10-11(5,6)3-12(7,8)9/h4H,3H2,1-2H3,(H,7,8,9). The summed E-state index contributed by atoms with van der Waals surface area (Å²) in [5.74, 6) is 0. The number of rotatable bonds is 4. The lowest BCUT2D eigenvalue weighted by Crippen LogP contribution is -2.07. The van der Waals surface area contributed by atoms with Gasteiger partial charge in [0.25, 0.3) is 10.1 Å². The Morgan fingerprint density at radius 1 is 1.58 bits per heavy atom. The first-order valence-corrected chi connectivity index (χ1v) is 6.36. The zero-order valence-corrected chi connectivity index (χ0v) is 8.31. The van der Waals surface area contributed by atoms with Crippen LogP contribution in [0.25, 0.3) is 0 Å². The topological polar surface area (TPSA) is 80.7 Å². The van der Waals surface area contributed by atoms with E-state index >= 15 is 0 Å². The Morgan fingerprint density at radius 2 is 2.00 bits per heavy atom. The molecule has 0 rings (SSSR count). The van der Waals surface area contributed by atoms with Crippen molar-refractivity contribution in [3.8, 4) is 0 Å². The summed E-state index contributed by atoms with van der Waals surface area (Å²) in [7, 11) is -9.30. The van der Waals surface area contributed by atoms with E-state index in [0.29, 0.717) is 0 Å². The van der Waals surface area contributed by atoms with Crippen LogP contribution in [0.15, 0.2) is 0 Å². The zero-order chi connectivity index (χ0) is 9.99. The molecule has 0 aromatic carbocycles. The first kappa shape index (κ1) is 12.0. The normalized spacial score (nSPS) is 17.8. The molecule has 12 heavy (non-hydrogen) atoms. The van der Waals surface area contributed by atoms with Gasteiger partial charge in [0.05, 0.1) is 6.10 Å². The van der Waals surface area contributed by atoms with Crippen LogP contribution >= 0.6 is 7.68 Å². The number of hydrogen-bond acceptors (Lipinski definition) is 4. The molecular formula is C4H10FO5PS. The predicted octanol–water partition coefficient (Wildman–Crippen LogP) is 1.42. The average molecular weight is 220 g/mol. The minimum absolute atomic E-state index is 0.692. The summed E-state index contributed by atoms with van der Waals surface area (Å²) in [6.45, 7) is 2.80. The molecular weight excluding hydrogens is 210 g/mol. The van der Waals surface area contributed by atoms with Crippen LogP contribution in [0.2, 0.25) is 0 Å². The van der Waals surface area contributed by atoms with Gasteiger partial charge in [0.2, 0.25) is 0 Å². The Bertz CT molecular complexity index is 284. The van der Waals surface area contributed by atoms with Crippen LogP contribution in [-0.4, -0.2) is 24.6 Å². The van der Waals surface area contributed by atoms with Crippen molar-refractivity contribution in [3.63, 3.8) is 0 Å². The smallest absolute Gasteiger partial charge is 0.302 e. The second-order valence-corrected chi connectivity index (χ2v) is 6.04. The Labute approximate surface area is 70.2 Å². The molecule has 8 heteroatoms. The van der Waals surface area contributed by atoms with Gasteiger partial charge in [-0.2, -0.15) is 12.6 Å². The molecule has 0 bridgehead atoms. The van der Waals surface area contributed by atoms with E-state index in [1.165, 1.54) is 13.8 Å². The SMILES string of the molecule is CC(C)OP(=O)(F)CS(=O)(=O)O. The van der Waals surface area contributed by atoms with E-state index in [2.05, 4.69) is 4.52 Å². The van der Waals surface area contributed by atoms with Crippen LogP contribution in [0.4, 0.5) is 4.20 Å². The Balaban J connectivity index is 4.35. The summed E-state index contributed by atoms with van der Waals surface area (Å²) in [4.78, 5) is 0. The van der Waals surface area contributed by atoms with E-state index in [9.17, 15) is 17.2 Å². The molecule has 0 radical (unpaired) electrons. The molecule has 0 aliphatic heterocycles. The van der Waals surface area contributed by atoms with Gasteiger partial charge in [-0.3, -0.25) is 9.12 Å². The van der Waals surface area contributed by atoms with Crippen LogP contribution in [0.1, 0.15) is 13.8 Å². The maximum atomic E-state index is 12.6. The van der Waals surface area contributed by atoms with Crippen molar-refractivity contribution in [2.24, 2.45) is 0 Å². The van der Waals surface area contributed by atoms with Crippen molar-refractivity contribution < 1.29 is 26.3 Å². The van der Waals surface area contributed by atoms with Gasteiger partial charge in [-0.05, 0) is 13.8 Å². The molecule has 0 aliphatic rings. The van der Waals surface area contributed by atoms with E-state index in [4.69, 9.17) is 4.55 Å². The van der Waals surface area contributed by atoms with Crippen molar-refractivity contribution >= 4 is 17.8 Å². The van der Waals surface area contributed by atoms with Crippen LogP contribution in [0.5, 0.6) is 0 Å². The van der Waals surface area contributed by atoms with Crippen LogP contribution in [0.3, 0.4) is 0 Å². The Morgan fingerprint density at radius 3 is 2.25 bits per heavy atom. The van der Waals surface area contributed by atoms with E-state index in [0.717, 1.165) is 0 Å². The number of halogens is 1. The largest absolute Gasteiger partial charge is 0.384 e. The molecule has 0 saturated heterocycles. The van der Waals surface area contributed by atoms with Gasteiger partial charge in [0, 0.05) is 0 Å². The zero-order valence-electron chi connectivity index (χ0n) is 6.60. The minimum Gasteiger partial charge on any atom is -0.302 e. The van der Waals surface area contributed by atoms with Gasteiger partial charge in [-0.15, -0.1) is 0 Å². The highest BCUT2D eigenvalue weighted by Crippen LogP contribution is 2.50. The predicted molar refractivity (Wildman–Crippen MR) is 41.4 cm³/mol. The van der Waals surface area contributed by atoms with Gasteiger partial charge >= 0.3 is 7.68 Å². The fourth-order valence-corrected chi connectivity index (χ4v) is 2.97. The molecule has 0 aromatic rings. The molecule has 0 aromatic heterocycles. The summed E-state index contributed by atoms with van der Waals surface area (Å²) in [5.41, 5.74) is -1.49. The molecule has 0 aliphatic carbocycles. The van der Waals surface area contributed by atoms with Gasteiger partial charge in [0.15, 0.2) is 5.49 Å². The van der Waals surface area contributed by atoms with E-state index < -0.39 is 29.4 Å². The monoisotopic (exact) mass is 220 g/mol. The molecule has 0 saturated carbocycles. The fraction of sp³-hybridized carbons (Fsp3) is 1.00. The Hall–Kier alpha value is 0.0300. The third-order valence-corrected chi connectivity index (χ3v) is 3.96. The van der Waals surface area contributed by atoms with E-state index in [1.807, 2.05) is 0 Å². The quantitative estimate of drug-likeness (QED) is 0.572. The maximum Gasteiger partial charge on any atom is 0.384 e. The third kappa shape index (κ3) is 6.72. The van der Waals surface area contributed by atoms with Crippen molar-refractivity contribution in [2.45, 2.75) is 20.0 Å². The van der Waals surface area contributed by atoms with Gasteiger partial charge in [0.1, 0.15) is 0 Å². The molecule has 1 N–H and O–H groups in total. The average Bonchev–Trinajstić information content (AvgIpc) is 1.48. The second-order valence-electron chi connectivity index (χ2n) is 2.46. The van der Waals surface area contributed by atoms with Crippen LogP contribution in [0, 0.1) is 0 Å². The second kappa shape index (κ2) is 3.83. The molecule has 5 nitrogen and oxygen atoms in total. The van der Waals surface area contributed by atoms with Crippen LogP contribution < -0.4 is 0 Å². The van der Waals surface area contributed by atoms with Crippen molar-refractivity contribution in [2.75, 3.05) is 5.49 Å². The first-order chi connectivity index (χ1) is 5.12. The molecule has 0 fully saturated rings. The molecule has 74 valence electrons.